The summed E-state index contributed by atoms with van der Waals surface area (Å²) in [5.74, 6) is 0.833. The number of nitrogens with one attached hydrogen (secondary N) is 1. The number of amides is 2. The van der Waals surface area contributed by atoms with Gasteiger partial charge in [-0.3, -0.25) is 0 Å². The number of hydrogen-bond acceptors (Lipinski definition) is 2. The SMILES string of the molecule is CCOc1ccccc1CNC(=O)N(CC)CC. The fourth-order valence-corrected chi connectivity index (χ4v) is 1.74. The number of carbonyl (C=O) groups excluding carboxylic acids is 1. The zero-order chi connectivity index (χ0) is 13.4. The maximum atomic E-state index is 11.8. The molecule has 0 heterocycles. The summed E-state index contributed by atoms with van der Waals surface area (Å²) in [4.78, 5) is 13.6. The van der Waals surface area contributed by atoms with Crippen molar-refractivity contribution in [1.29, 1.82) is 0 Å². The summed E-state index contributed by atoms with van der Waals surface area (Å²) in [7, 11) is 0. The Morgan fingerprint density at radius 2 is 1.89 bits per heavy atom. The zero-order valence-electron chi connectivity index (χ0n) is 11.4. The minimum atomic E-state index is -0.0358. The number of ether oxygens (including phenoxy) is 1. The van der Waals surface area contributed by atoms with Gasteiger partial charge in [0.2, 0.25) is 0 Å². The van der Waals surface area contributed by atoms with Crippen molar-refractivity contribution < 1.29 is 9.53 Å². The molecule has 100 valence electrons. The van der Waals surface area contributed by atoms with Crippen molar-refractivity contribution in [3.63, 3.8) is 0 Å². The fraction of sp³-hybridized carbons (Fsp3) is 0.500. The van der Waals surface area contributed by atoms with Crippen LogP contribution in [-0.2, 0) is 6.54 Å². The van der Waals surface area contributed by atoms with Gasteiger partial charge in [-0.05, 0) is 26.8 Å². The van der Waals surface area contributed by atoms with Gasteiger partial charge in [-0.1, -0.05) is 18.2 Å². The van der Waals surface area contributed by atoms with Gasteiger partial charge >= 0.3 is 6.03 Å². The van der Waals surface area contributed by atoms with E-state index in [0.717, 1.165) is 24.4 Å². The Hall–Kier alpha value is -1.71. The lowest BCUT2D eigenvalue weighted by atomic mass is 10.2. The number of rotatable bonds is 6. The molecule has 4 heteroatoms. The average Bonchev–Trinajstić information content (AvgIpc) is 2.39. The third kappa shape index (κ3) is 3.95. The van der Waals surface area contributed by atoms with Crippen LogP contribution in [0.25, 0.3) is 0 Å². The van der Waals surface area contributed by atoms with Crippen molar-refractivity contribution in [2.24, 2.45) is 0 Å². The summed E-state index contributed by atoms with van der Waals surface area (Å²) in [6.45, 7) is 8.44. The van der Waals surface area contributed by atoms with Crippen LogP contribution in [0.1, 0.15) is 26.3 Å². The molecule has 0 fully saturated rings. The molecule has 4 nitrogen and oxygen atoms in total. The standard InChI is InChI=1S/C14H22N2O2/c1-4-16(5-2)14(17)15-11-12-9-7-8-10-13(12)18-6-3/h7-10H,4-6,11H2,1-3H3,(H,15,17). The van der Waals surface area contributed by atoms with Gasteiger partial charge in [-0.2, -0.15) is 0 Å². The minimum absolute atomic E-state index is 0.0358. The third-order valence-corrected chi connectivity index (χ3v) is 2.75. The molecule has 0 aromatic heterocycles. The quantitative estimate of drug-likeness (QED) is 0.843. The van der Waals surface area contributed by atoms with Crippen LogP contribution >= 0.6 is 0 Å². The van der Waals surface area contributed by atoms with Gasteiger partial charge in [0.15, 0.2) is 0 Å². The number of para-hydroxylation sites is 1. The number of benzene rings is 1. The van der Waals surface area contributed by atoms with Crippen LogP contribution in [0.15, 0.2) is 24.3 Å². The van der Waals surface area contributed by atoms with Gasteiger partial charge < -0.3 is 15.0 Å². The van der Waals surface area contributed by atoms with Crippen LogP contribution in [0.3, 0.4) is 0 Å². The van der Waals surface area contributed by atoms with Crippen molar-refractivity contribution in [3.8, 4) is 5.75 Å². The van der Waals surface area contributed by atoms with Gasteiger partial charge in [-0.15, -0.1) is 0 Å². The Bertz CT molecular complexity index is 376. The second-order valence-corrected chi connectivity index (χ2v) is 3.87. The first kappa shape index (κ1) is 14.4. The molecule has 1 aromatic carbocycles. The smallest absolute Gasteiger partial charge is 0.317 e. The van der Waals surface area contributed by atoms with E-state index in [1.807, 2.05) is 45.0 Å². The first-order valence-electron chi connectivity index (χ1n) is 6.46. The lowest BCUT2D eigenvalue weighted by Crippen LogP contribution is -2.39. The summed E-state index contributed by atoms with van der Waals surface area (Å²) in [5, 5.41) is 2.91. The fourth-order valence-electron chi connectivity index (χ4n) is 1.74. The lowest BCUT2D eigenvalue weighted by Gasteiger charge is -2.19. The molecule has 0 bridgehead atoms. The van der Waals surface area contributed by atoms with Crippen molar-refractivity contribution in [2.75, 3.05) is 19.7 Å². The van der Waals surface area contributed by atoms with Gasteiger partial charge in [0.05, 0.1) is 6.61 Å². The molecule has 0 unspecified atom stereocenters. The largest absolute Gasteiger partial charge is 0.494 e. The Balaban J connectivity index is 2.60. The van der Waals surface area contributed by atoms with Gasteiger partial charge in [0.1, 0.15) is 5.75 Å². The van der Waals surface area contributed by atoms with Gasteiger partial charge in [0, 0.05) is 25.2 Å². The van der Waals surface area contributed by atoms with E-state index >= 15 is 0 Å². The first-order valence-corrected chi connectivity index (χ1v) is 6.46. The molecular weight excluding hydrogens is 228 g/mol. The Morgan fingerprint density at radius 1 is 1.22 bits per heavy atom. The van der Waals surface area contributed by atoms with Crippen molar-refractivity contribution >= 4 is 6.03 Å². The molecular formula is C14H22N2O2. The average molecular weight is 250 g/mol. The molecule has 0 atom stereocenters. The monoisotopic (exact) mass is 250 g/mol. The maximum Gasteiger partial charge on any atom is 0.317 e. The van der Waals surface area contributed by atoms with Crippen molar-refractivity contribution in [1.82, 2.24) is 10.2 Å². The number of carbonyl (C=O) groups is 1. The van der Waals surface area contributed by atoms with E-state index in [1.165, 1.54) is 0 Å². The first-order chi connectivity index (χ1) is 8.72. The molecule has 18 heavy (non-hydrogen) atoms. The highest BCUT2D eigenvalue weighted by molar-refractivity contribution is 5.74. The van der Waals surface area contributed by atoms with E-state index in [9.17, 15) is 4.79 Å². The Morgan fingerprint density at radius 3 is 2.50 bits per heavy atom. The Labute approximate surface area is 109 Å². The zero-order valence-corrected chi connectivity index (χ0v) is 11.4. The van der Waals surface area contributed by atoms with Crippen LogP contribution in [0.5, 0.6) is 5.75 Å². The van der Waals surface area contributed by atoms with Crippen LogP contribution in [-0.4, -0.2) is 30.6 Å². The van der Waals surface area contributed by atoms with Crippen LogP contribution in [0, 0.1) is 0 Å². The summed E-state index contributed by atoms with van der Waals surface area (Å²) < 4.78 is 5.52. The molecule has 1 aromatic rings. The van der Waals surface area contributed by atoms with E-state index in [-0.39, 0.29) is 6.03 Å². The van der Waals surface area contributed by atoms with E-state index in [2.05, 4.69) is 5.32 Å². The summed E-state index contributed by atoms with van der Waals surface area (Å²) in [6.07, 6.45) is 0. The van der Waals surface area contributed by atoms with Gasteiger partial charge in [-0.25, -0.2) is 4.79 Å². The Kier molecular flexibility index (Phi) is 6.05. The topological polar surface area (TPSA) is 41.6 Å². The second kappa shape index (κ2) is 7.58. The van der Waals surface area contributed by atoms with Crippen molar-refractivity contribution in [3.05, 3.63) is 29.8 Å². The maximum absolute atomic E-state index is 11.8. The lowest BCUT2D eigenvalue weighted by molar-refractivity contribution is 0.202. The van der Waals surface area contributed by atoms with Gasteiger partial charge in [0.25, 0.3) is 0 Å². The summed E-state index contributed by atoms with van der Waals surface area (Å²) >= 11 is 0. The molecule has 1 N–H and O–H groups in total. The highest BCUT2D eigenvalue weighted by Gasteiger charge is 2.09. The molecule has 0 saturated heterocycles. The second-order valence-electron chi connectivity index (χ2n) is 3.87. The minimum Gasteiger partial charge on any atom is -0.494 e. The summed E-state index contributed by atoms with van der Waals surface area (Å²) in [5.41, 5.74) is 1.000. The number of urea groups is 1. The normalized spacial score (nSPS) is 9.94. The number of nitrogens with zero attached hydrogens (tertiary/aromatic N) is 1. The highest BCUT2D eigenvalue weighted by Crippen LogP contribution is 2.17. The van der Waals surface area contributed by atoms with E-state index in [4.69, 9.17) is 4.74 Å². The van der Waals surface area contributed by atoms with Crippen LogP contribution < -0.4 is 10.1 Å². The van der Waals surface area contributed by atoms with E-state index < -0.39 is 0 Å². The number of hydrogen-bond donors (Lipinski definition) is 1. The predicted octanol–water partition coefficient (Wildman–Crippen LogP) is 2.64. The molecule has 0 aliphatic rings. The molecule has 0 spiro atoms. The molecule has 0 aliphatic heterocycles. The van der Waals surface area contributed by atoms with Crippen molar-refractivity contribution in [2.45, 2.75) is 27.3 Å². The molecule has 0 saturated carbocycles. The van der Waals surface area contributed by atoms with Crippen LogP contribution in [0.4, 0.5) is 4.79 Å². The molecule has 1 rings (SSSR count). The van der Waals surface area contributed by atoms with Crippen LogP contribution in [0.2, 0.25) is 0 Å². The third-order valence-electron chi connectivity index (χ3n) is 2.75. The molecule has 2 amide bonds. The predicted molar refractivity (Wildman–Crippen MR) is 72.8 cm³/mol. The summed E-state index contributed by atoms with van der Waals surface area (Å²) in [6, 6.07) is 7.73. The molecule has 0 radical (unpaired) electrons. The highest BCUT2D eigenvalue weighted by atomic mass is 16.5. The molecule has 0 aliphatic carbocycles. The van der Waals surface area contributed by atoms with E-state index in [0.29, 0.717) is 13.2 Å². The van der Waals surface area contributed by atoms with E-state index in [1.54, 1.807) is 4.90 Å².